The number of thiophene rings is 1. The highest BCUT2D eigenvalue weighted by molar-refractivity contribution is 7.80. The summed E-state index contributed by atoms with van der Waals surface area (Å²) in [7, 11) is 0. The third-order valence-electron chi connectivity index (χ3n) is 5.98. The number of rotatable bonds is 10. The third kappa shape index (κ3) is 10.2. The Labute approximate surface area is 244 Å². The normalized spacial score (nSPS) is 16.9. The van der Waals surface area contributed by atoms with E-state index in [1.165, 1.54) is 11.3 Å². The molecule has 0 bridgehead atoms. The van der Waals surface area contributed by atoms with Gasteiger partial charge < -0.3 is 20.5 Å². The van der Waals surface area contributed by atoms with Crippen LogP contribution >= 0.6 is 35.2 Å². The van der Waals surface area contributed by atoms with Crippen molar-refractivity contribution in [2.45, 2.75) is 60.2 Å². The van der Waals surface area contributed by atoms with Crippen LogP contribution in [-0.4, -0.2) is 48.3 Å². The second-order valence-electron chi connectivity index (χ2n) is 8.79. The molecular formula is C28H38ClF3N4OS2. The standard InChI is InChI=1S/C25H31ClF3N3OS2.C3H7N/c1-6-8-16(4)18-13-20(22-19(26)9-12-35-22)32(11-10-30-24(33)25(27,28)29)21(17(18)5)23(34)31-14-15(3)7-2;1-3-4-2/h6,8-9,12-14,16,20H,7,10-11H2,1-5H3,(H,30,33)(H,31,34);2-3H2,1H3/b8-6-,15-14+;. The predicted octanol–water partition coefficient (Wildman–Crippen LogP) is 7.79. The number of alkyl halides is 3. The number of carbonyl (C=O) groups excluding carboxylic acids is 1. The molecule has 1 aliphatic rings. The minimum absolute atomic E-state index is 0.0824. The molecule has 216 valence electrons. The van der Waals surface area contributed by atoms with Crippen molar-refractivity contribution in [1.29, 1.82) is 0 Å². The smallest absolute Gasteiger partial charge is 0.356 e. The van der Waals surface area contributed by atoms with Gasteiger partial charge in [-0.05, 0) is 69.3 Å². The number of amides is 1. The molecule has 2 N–H and O–H groups in total. The van der Waals surface area contributed by atoms with Gasteiger partial charge in [0.15, 0.2) is 0 Å². The van der Waals surface area contributed by atoms with Crippen molar-refractivity contribution in [2.24, 2.45) is 10.9 Å². The molecule has 0 saturated carbocycles. The Hall–Kier alpha value is -2.43. The van der Waals surface area contributed by atoms with E-state index in [4.69, 9.17) is 23.8 Å². The minimum atomic E-state index is -4.94. The SMILES string of the molecule is C/C=C\C(C)C1=CC(c2sccc2Cl)N(CCNC(=O)C(F)(F)F)C(C(=S)N/C=C(\C)CC)=C1C.C=NCC. The fourth-order valence-electron chi connectivity index (χ4n) is 3.80. The summed E-state index contributed by atoms with van der Waals surface area (Å²) in [6, 6.07) is 1.44. The molecule has 1 aliphatic heterocycles. The van der Waals surface area contributed by atoms with Crippen molar-refractivity contribution >= 4 is 52.8 Å². The maximum Gasteiger partial charge on any atom is 0.471 e. The van der Waals surface area contributed by atoms with Crippen LogP contribution in [0.1, 0.15) is 58.9 Å². The maximum absolute atomic E-state index is 12.8. The first kappa shape index (κ1) is 34.6. The van der Waals surface area contributed by atoms with E-state index in [9.17, 15) is 18.0 Å². The average Bonchev–Trinajstić information content (AvgIpc) is 3.32. The molecule has 0 aromatic carbocycles. The lowest BCUT2D eigenvalue weighted by Crippen LogP contribution is -2.44. The van der Waals surface area contributed by atoms with Gasteiger partial charge in [0.1, 0.15) is 4.99 Å². The van der Waals surface area contributed by atoms with Gasteiger partial charge in [-0.25, -0.2) is 0 Å². The van der Waals surface area contributed by atoms with Gasteiger partial charge in [-0.3, -0.25) is 4.79 Å². The Morgan fingerprint density at radius 3 is 2.51 bits per heavy atom. The zero-order chi connectivity index (χ0) is 29.8. The van der Waals surface area contributed by atoms with Gasteiger partial charge in [0, 0.05) is 30.7 Å². The Morgan fingerprint density at radius 1 is 1.38 bits per heavy atom. The van der Waals surface area contributed by atoms with Crippen LogP contribution in [0, 0.1) is 5.92 Å². The van der Waals surface area contributed by atoms with Gasteiger partial charge >= 0.3 is 12.1 Å². The molecule has 5 nitrogen and oxygen atoms in total. The fraction of sp³-hybridized carbons (Fsp3) is 0.464. The summed E-state index contributed by atoms with van der Waals surface area (Å²) >= 11 is 13.7. The van der Waals surface area contributed by atoms with Crippen LogP contribution in [0.15, 0.2) is 63.3 Å². The van der Waals surface area contributed by atoms with Crippen molar-refractivity contribution < 1.29 is 18.0 Å². The van der Waals surface area contributed by atoms with E-state index < -0.39 is 12.1 Å². The van der Waals surface area contributed by atoms with E-state index in [0.29, 0.717) is 15.7 Å². The van der Waals surface area contributed by atoms with Crippen LogP contribution in [0.2, 0.25) is 5.02 Å². The number of hydrogen-bond donors (Lipinski definition) is 2. The van der Waals surface area contributed by atoms with Crippen LogP contribution in [0.3, 0.4) is 0 Å². The topological polar surface area (TPSA) is 56.7 Å². The number of hydrogen-bond acceptors (Lipinski definition) is 5. The van der Waals surface area contributed by atoms with Gasteiger partial charge in [-0.15, -0.1) is 11.3 Å². The molecule has 0 fully saturated rings. The second kappa shape index (κ2) is 16.6. The van der Waals surface area contributed by atoms with Gasteiger partial charge in [-0.2, -0.15) is 13.2 Å². The van der Waals surface area contributed by atoms with Crippen LogP contribution in [0.5, 0.6) is 0 Å². The van der Waals surface area contributed by atoms with Crippen molar-refractivity contribution in [3.05, 3.63) is 68.2 Å². The molecular weight excluding hydrogens is 565 g/mol. The van der Waals surface area contributed by atoms with E-state index in [2.05, 4.69) is 36.1 Å². The first-order valence-electron chi connectivity index (χ1n) is 12.6. The second-order valence-corrected chi connectivity index (χ2v) is 10.6. The Bertz CT molecular complexity index is 1120. The summed E-state index contributed by atoms with van der Waals surface area (Å²) in [6.07, 6.45) is 3.89. The molecule has 1 aromatic rings. The van der Waals surface area contributed by atoms with E-state index in [0.717, 1.165) is 34.6 Å². The monoisotopic (exact) mass is 602 g/mol. The molecule has 11 heteroatoms. The number of aliphatic imine (C=N–C) groups is 1. The minimum Gasteiger partial charge on any atom is -0.356 e. The summed E-state index contributed by atoms with van der Waals surface area (Å²) in [4.78, 5) is 18.1. The van der Waals surface area contributed by atoms with Crippen molar-refractivity contribution in [3.8, 4) is 0 Å². The lowest BCUT2D eigenvalue weighted by molar-refractivity contribution is -0.173. The fourth-order valence-corrected chi connectivity index (χ4v) is 5.37. The molecule has 0 saturated heterocycles. The summed E-state index contributed by atoms with van der Waals surface area (Å²) in [5.41, 5.74) is 3.77. The highest BCUT2D eigenvalue weighted by atomic mass is 35.5. The molecule has 0 spiro atoms. The van der Waals surface area contributed by atoms with E-state index in [1.807, 2.05) is 62.5 Å². The number of carbonyl (C=O) groups is 1. The number of thiocarbonyl (C=S) groups is 1. The number of nitrogens with one attached hydrogen (secondary N) is 2. The molecule has 1 amide bonds. The van der Waals surface area contributed by atoms with E-state index in [-0.39, 0.29) is 25.0 Å². The number of nitrogens with zero attached hydrogens (tertiary/aromatic N) is 2. The van der Waals surface area contributed by atoms with Crippen LogP contribution in [0.25, 0.3) is 0 Å². The molecule has 2 atom stereocenters. The van der Waals surface area contributed by atoms with E-state index >= 15 is 0 Å². The van der Waals surface area contributed by atoms with Crippen molar-refractivity contribution in [2.75, 3.05) is 19.6 Å². The first-order valence-corrected chi connectivity index (χ1v) is 14.3. The number of allylic oxidation sites excluding steroid dienone is 5. The average molecular weight is 603 g/mol. The predicted molar refractivity (Wildman–Crippen MR) is 162 cm³/mol. The van der Waals surface area contributed by atoms with Crippen molar-refractivity contribution in [3.63, 3.8) is 0 Å². The largest absolute Gasteiger partial charge is 0.471 e. The van der Waals surface area contributed by atoms with Gasteiger partial charge in [-0.1, -0.05) is 61.5 Å². The highest BCUT2D eigenvalue weighted by Crippen LogP contribution is 2.42. The molecule has 1 aromatic heterocycles. The van der Waals surface area contributed by atoms with Crippen molar-refractivity contribution in [1.82, 2.24) is 15.5 Å². The summed E-state index contributed by atoms with van der Waals surface area (Å²) in [6.45, 7) is 15.9. The molecule has 2 rings (SSSR count). The van der Waals surface area contributed by atoms with Gasteiger partial charge in [0.2, 0.25) is 0 Å². The Balaban J connectivity index is 0.00000177. The molecule has 0 radical (unpaired) electrons. The van der Waals surface area contributed by atoms with Crippen LogP contribution in [0.4, 0.5) is 13.2 Å². The van der Waals surface area contributed by atoms with E-state index in [1.54, 1.807) is 6.07 Å². The maximum atomic E-state index is 12.8. The molecule has 2 unspecified atom stereocenters. The first-order chi connectivity index (χ1) is 18.3. The molecule has 39 heavy (non-hydrogen) atoms. The zero-order valence-corrected chi connectivity index (χ0v) is 25.7. The quantitative estimate of drug-likeness (QED) is 0.163. The Morgan fingerprint density at radius 2 is 2.03 bits per heavy atom. The van der Waals surface area contributed by atoms with Crippen LogP contribution < -0.4 is 10.6 Å². The highest BCUT2D eigenvalue weighted by Gasteiger charge is 2.39. The molecule has 0 aliphatic carbocycles. The lowest BCUT2D eigenvalue weighted by atomic mass is 9.87. The number of halogens is 4. The molecule has 2 heterocycles. The van der Waals surface area contributed by atoms with Crippen LogP contribution in [-0.2, 0) is 4.79 Å². The summed E-state index contributed by atoms with van der Waals surface area (Å²) < 4.78 is 38.3. The lowest BCUT2D eigenvalue weighted by Gasteiger charge is -2.40. The Kier molecular flexibility index (Phi) is 14.7. The summed E-state index contributed by atoms with van der Waals surface area (Å²) in [5.74, 6) is -1.89. The summed E-state index contributed by atoms with van der Waals surface area (Å²) in [5, 5.41) is 7.60. The third-order valence-corrected chi connectivity index (χ3v) is 7.72. The van der Waals surface area contributed by atoms with Gasteiger partial charge in [0.25, 0.3) is 0 Å². The van der Waals surface area contributed by atoms with Gasteiger partial charge in [0.05, 0.1) is 16.8 Å². The zero-order valence-electron chi connectivity index (χ0n) is 23.3.